The molecule has 0 saturated carbocycles. The molecule has 1 amide bonds. The molecule has 0 heterocycles. The number of nitrogens with one attached hydrogen (secondary N) is 1. The zero-order chi connectivity index (χ0) is 13.7. The van der Waals surface area contributed by atoms with Crippen LogP contribution in [-0.4, -0.2) is 20.5 Å². The van der Waals surface area contributed by atoms with Crippen molar-refractivity contribution >= 4 is 32.9 Å². The molecule has 4 nitrogen and oxygen atoms in total. The number of carbonyl (C=O) groups is 1. The molecule has 1 unspecified atom stereocenters. The molecule has 0 saturated heterocycles. The van der Waals surface area contributed by atoms with Gasteiger partial charge >= 0.3 is 0 Å². The Bertz CT molecular complexity index is 463. The fourth-order valence-corrected chi connectivity index (χ4v) is 2.28. The Morgan fingerprint density at radius 3 is 2.72 bits per heavy atom. The fourth-order valence-electron chi connectivity index (χ4n) is 1.62. The first-order valence-corrected chi connectivity index (χ1v) is 7.61. The van der Waals surface area contributed by atoms with Gasteiger partial charge in [0.25, 0.3) is 5.91 Å². The predicted octanol–water partition coefficient (Wildman–Crippen LogP) is 2.56. The quantitative estimate of drug-likeness (QED) is 0.814. The van der Waals surface area contributed by atoms with Gasteiger partial charge < -0.3 is 9.87 Å². The summed E-state index contributed by atoms with van der Waals surface area (Å²) in [6.07, 6.45) is 0.782. The van der Waals surface area contributed by atoms with Crippen molar-refractivity contribution in [2.24, 2.45) is 5.92 Å². The Kier molecular flexibility index (Phi) is 5.98. The first-order valence-electron chi connectivity index (χ1n) is 5.54. The third-order valence-electron chi connectivity index (χ3n) is 2.30. The summed E-state index contributed by atoms with van der Waals surface area (Å²) in [5.74, 6) is -0.144. The lowest BCUT2D eigenvalue weighted by atomic mass is 9.97. The number of carbonyl (C=O) groups excluding carboxylic acids is 1. The molecule has 0 aromatic heterocycles. The topological polar surface area (TPSA) is 66.4 Å². The third-order valence-corrected chi connectivity index (χ3v) is 3.18. The van der Waals surface area contributed by atoms with E-state index in [0.29, 0.717) is 11.5 Å². The minimum Gasteiger partial charge on any atom is -0.338 e. The Morgan fingerprint density at radius 1 is 1.50 bits per heavy atom. The largest absolute Gasteiger partial charge is 0.338 e. The van der Waals surface area contributed by atoms with E-state index in [1.807, 2.05) is 6.07 Å². The summed E-state index contributed by atoms with van der Waals surface area (Å²) in [4.78, 5) is 11.9. The summed E-state index contributed by atoms with van der Waals surface area (Å²) in [7, 11) is 0. The molecule has 2 N–H and O–H groups in total. The Hall–Kier alpha value is -0.720. The van der Waals surface area contributed by atoms with Crippen LogP contribution in [-0.2, 0) is 17.5 Å². The standard InChI is InChI=1S/C12H16BrNO3S/c1-8(2)5-9-6-10(13)3-4-11(9)12(15)14-7-18(16)17/h3-4,6,8H,5,7H2,1-2H3,(H,14,15)(H,16,17). The van der Waals surface area contributed by atoms with Crippen LogP contribution in [0.15, 0.2) is 22.7 Å². The SMILES string of the molecule is CC(C)Cc1cc(Br)ccc1C(=O)NCS(=O)O. The molecule has 0 aliphatic carbocycles. The highest BCUT2D eigenvalue weighted by molar-refractivity contribution is 9.10. The maximum absolute atomic E-state index is 11.9. The van der Waals surface area contributed by atoms with E-state index in [0.717, 1.165) is 16.5 Å². The van der Waals surface area contributed by atoms with Crippen LogP contribution in [0.25, 0.3) is 0 Å². The second kappa shape index (κ2) is 7.01. The zero-order valence-electron chi connectivity index (χ0n) is 10.3. The summed E-state index contributed by atoms with van der Waals surface area (Å²) >= 11 is 1.35. The van der Waals surface area contributed by atoms with Crippen molar-refractivity contribution in [3.63, 3.8) is 0 Å². The lowest BCUT2D eigenvalue weighted by Crippen LogP contribution is -2.27. The molecule has 6 heteroatoms. The van der Waals surface area contributed by atoms with Gasteiger partial charge in [-0.2, -0.15) is 0 Å². The van der Waals surface area contributed by atoms with E-state index >= 15 is 0 Å². The molecule has 0 bridgehead atoms. The van der Waals surface area contributed by atoms with Crippen molar-refractivity contribution in [3.05, 3.63) is 33.8 Å². The van der Waals surface area contributed by atoms with Gasteiger partial charge in [0, 0.05) is 10.0 Å². The summed E-state index contributed by atoms with van der Waals surface area (Å²) in [6.45, 7) is 4.15. The number of rotatable bonds is 5. The highest BCUT2D eigenvalue weighted by Gasteiger charge is 2.13. The molecule has 18 heavy (non-hydrogen) atoms. The van der Waals surface area contributed by atoms with E-state index in [-0.39, 0.29) is 11.8 Å². The second-order valence-corrected chi connectivity index (χ2v) is 6.22. The Labute approximate surface area is 118 Å². The third kappa shape index (κ3) is 4.88. The lowest BCUT2D eigenvalue weighted by molar-refractivity contribution is 0.0958. The number of benzene rings is 1. The monoisotopic (exact) mass is 333 g/mol. The van der Waals surface area contributed by atoms with Crippen molar-refractivity contribution in [1.82, 2.24) is 5.32 Å². The highest BCUT2D eigenvalue weighted by Crippen LogP contribution is 2.19. The Balaban J connectivity index is 2.92. The fraction of sp³-hybridized carbons (Fsp3) is 0.417. The molecule has 0 radical (unpaired) electrons. The molecule has 1 atom stereocenters. The van der Waals surface area contributed by atoms with Crippen LogP contribution in [0.2, 0.25) is 0 Å². The van der Waals surface area contributed by atoms with Gasteiger partial charge in [0.05, 0.1) is 0 Å². The van der Waals surface area contributed by atoms with Crippen LogP contribution >= 0.6 is 15.9 Å². The van der Waals surface area contributed by atoms with Crippen molar-refractivity contribution in [1.29, 1.82) is 0 Å². The van der Waals surface area contributed by atoms with E-state index in [1.165, 1.54) is 0 Å². The van der Waals surface area contributed by atoms with Crippen molar-refractivity contribution < 1.29 is 13.6 Å². The summed E-state index contributed by atoms with van der Waals surface area (Å²) in [5.41, 5.74) is 1.48. The van der Waals surface area contributed by atoms with Crippen molar-refractivity contribution in [2.45, 2.75) is 20.3 Å². The average Bonchev–Trinajstić information content (AvgIpc) is 2.25. The minimum absolute atomic E-state index is 0.254. The van der Waals surface area contributed by atoms with E-state index in [1.54, 1.807) is 12.1 Å². The summed E-state index contributed by atoms with van der Waals surface area (Å²) in [6, 6.07) is 5.41. The van der Waals surface area contributed by atoms with Crippen molar-refractivity contribution in [3.8, 4) is 0 Å². The highest BCUT2D eigenvalue weighted by atomic mass is 79.9. The van der Waals surface area contributed by atoms with Gasteiger partial charge in [-0.15, -0.1) is 0 Å². The lowest BCUT2D eigenvalue weighted by Gasteiger charge is -2.12. The van der Waals surface area contributed by atoms with Crippen LogP contribution < -0.4 is 5.32 Å². The molecular formula is C12H16BrNO3S. The number of hydrogen-bond donors (Lipinski definition) is 2. The predicted molar refractivity (Wildman–Crippen MR) is 75.8 cm³/mol. The van der Waals surface area contributed by atoms with Gasteiger partial charge in [0.15, 0.2) is 11.1 Å². The van der Waals surface area contributed by atoms with Crippen molar-refractivity contribution in [2.75, 3.05) is 5.88 Å². The van der Waals surface area contributed by atoms with E-state index < -0.39 is 11.1 Å². The smallest absolute Gasteiger partial charge is 0.252 e. The van der Waals surface area contributed by atoms with Crippen LogP contribution in [0.5, 0.6) is 0 Å². The Morgan fingerprint density at radius 2 is 2.17 bits per heavy atom. The normalized spacial score (nSPS) is 12.5. The summed E-state index contributed by atoms with van der Waals surface area (Å²) in [5, 5.41) is 2.43. The van der Waals surface area contributed by atoms with Crippen LogP contribution in [0.3, 0.4) is 0 Å². The van der Waals surface area contributed by atoms with Gasteiger partial charge in [-0.05, 0) is 36.1 Å². The van der Waals surface area contributed by atoms with E-state index in [2.05, 4.69) is 35.1 Å². The average molecular weight is 334 g/mol. The van der Waals surface area contributed by atoms with Gasteiger partial charge in [0.1, 0.15) is 5.88 Å². The van der Waals surface area contributed by atoms with Crippen LogP contribution in [0.1, 0.15) is 29.8 Å². The maximum atomic E-state index is 11.9. The maximum Gasteiger partial charge on any atom is 0.252 e. The zero-order valence-corrected chi connectivity index (χ0v) is 12.7. The molecule has 100 valence electrons. The van der Waals surface area contributed by atoms with Gasteiger partial charge in [-0.3, -0.25) is 4.79 Å². The first kappa shape index (κ1) is 15.3. The molecule has 1 aromatic carbocycles. The second-order valence-electron chi connectivity index (χ2n) is 4.37. The van der Waals surface area contributed by atoms with Gasteiger partial charge in [0.2, 0.25) is 0 Å². The van der Waals surface area contributed by atoms with Crippen LogP contribution in [0, 0.1) is 5.92 Å². The van der Waals surface area contributed by atoms with Crippen LogP contribution in [0.4, 0.5) is 0 Å². The number of halogens is 1. The number of hydrogen-bond acceptors (Lipinski definition) is 2. The van der Waals surface area contributed by atoms with E-state index in [4.69, 9.17) is 4.55 Å². The van der Waals surface area contributed by atoms with E-state index in [9.17, 15) is 9.00 Å². The molecule has 0 aliphatic rings. The summed E-state index contributed by atoms with van der Waals surface area (Å²) < 4.78 is 20.1. The number of amides is 1. The molecule has 1 aromatic rings. The molecule has 0 spiro atoms. The molecule has 0 aliphatic heterocycles. The minimum atomic E-state index is -2.02. The van der Waals surface area contributed by atoms with Gasteiger partial charge in [-0.1, -0.05) is 29.8 Å². The first-order chi connectivity index (χ1) is 8.40. The molecular weight excluding hydrogens is 318 g/mol. The molecule has 0 fully saturated rings. The molecule has 1 rings (SSSR count). The van der Waals surface area contributed by atoms with Gasteiger partial charge in [-0.25, -0.2) is 4.21 Å².